The molecule has 2 aromatic rings. The highest BCUT2D eigenvalue weighted by Crippen LogP contribution is 2.18. The second kappa shape index (κ2) is 6.57. The molecule has 0 fully saturated rings. The molecule has 1 N–H and O–H groups in total. The molecule has 0 radical (unpaired) electrons. The number of amides is 1. The van der Waals surface area contributed by atoms with E-state index in [4.69, 9.17) is 0 Å². The summed E-state index contributed by atoms with van der Waals surface area (Å²) in [7, 11) is 0. The number of nitro benzene ring substituents is 1. The maximum atomic E-state index is 12.0. The monoisotopic (exact) mass is 298 g/mol. The summed E-state index contributed by atoms with van der Waals surface area (Å²) in [5.74, 6) is -0.437. The first-order valence-electron chi connectivity index (χ1n) is 6.50. The van der Waals surface area contributed by atoms with Gasteiger partial charge in [0.1, 0.15) is 0 Å². The first kappa shape index (κ1) is 15.3. The van der Waals surface area contributed by atoms with Crippen molar-refractivity contribution in [2.75, 3.05) is 0 Å². The fraction of sp³-hybridized carbons (Fsp3) is 0.133. The number of pyridine rings is 1. The van der Waals surface area contributed by atoms with E-state index in [0.717, 1.165) is 0 Å². The minimum atomic E-state index is -0.486. The van der Waals surface area contributed by atoms with E-state index < -0.39 is 10.8 Å². The second-order valence-corrected chi connectivity index (χ2v) is 4.61. The van der Waals surface area contributed by atoms with Crippen LogP contribution < -0.4 is 5.43 Å². The number of carbonyl (C=O) groups excluding carboxylic acids is 1. The molecule has 0 saturated heterocycles. The average molecular weight is 298 g/mol. The maximum Gasteiger partial charge on any atom is 0.272 e. The molecule has 0 aliphatic rings. The summed E-state index contributed by atoms with van der Waals surface area (Å²) in [6, 6.07) is 9.55. The van der Waals surface area contributed by atoms with Crippen molar-refractivity contribution in [1.29, 1.82) is 0 Å². The highest BCUT2D eigenvalue weighted by molar-refractivity contribution is 5.99. The summed E-state index contributed by atoms with van der Waals surface area (Å²) >= 11 is 0. The van der Waals surface area contributed by atoms with E-state index in [-0.39, 0.29) is 5.69 Å². The molecule has 0 bridgehead atoms. The normalized spacial score (nSPS) is 11.1. The second-order valence-electron chi connectivity index (χ2n) is 4.61. The van der Waals surface area contributed by atoms with Crippen LogP contribution >= 0.6 is 0 Å². The summed E-state index contributed by atoms with van der Waals surface area (Å²) < 4.78 is 0. The maximum absolute atomic E-state index is 12.0. The lowest BCUT2D eigenvalue weighted by molar-refractivity contribution is -0.385. The summed E-state index contributed by atoms with van der Waals surface area (Å²) in [5.41, 5.74) is 4.33. The van der Waals surface area contributed by atoms with Gasteiger partial charge in [-0.25, -0.2) is 5.43 Å². The van der Waals surface area contributed by atoms with Crippen LogP contribution in [0.15, 0.2) is 47.7 Å². The number of aryl methyl sites for hydroxylation is 1. The van der Waals surface area contributed by atoms with E-state index in [9.17, 15) is 14.9 Å². The molecule has 22 heavy (non-hydrogen) atoms. The van der Waals surface area contributed by atoms with E-state index in [1.807, 2.05) is 6.07 Å². The molecule has 1 aromatic heterocycles. The molecule has 0 aliphatic heterocycles. The van der Waals surface area contributed by atoms with Crippen LogP contribution in [0.2, 0.25) is 0 Å². The van der Waals surface area contributed by atoms with Crippen molar-refractivity contribution in [1.82, 2.24) is 10.4 Å². The minimum Gasteiger partial charge on any atom is -0.267 e. The zero-order chi connectivity index (χ0) is 16.1. The topological polar surface area (TPSA) is 97.5 Å². The SMILES string of the molecule is C/C(=N/NC(=O)c1ccc([N+](=O)[O-])c(C)c1)c1ccccn1. The van der Waals surface area contributed by atoms with Crippen molar-refractivity contribution < 1.29 is 9.72 Å². The van der Waals surface area contributed by atoms with Crippen LogP contribution in [0.3, 0.4) is 0 Å². The number of carbonyl (C=O) groups is 1. The Bertz CT molecular complexity index is 742. The molecule has 1 heterocycles. The van der Waals surface area contributed by atoms with Crippen molar-refractivity contribution in [3.05, 3.63) is 69.5 Å². The van der Waals surface area contributed by atoms with E-state index >= 15 is 0 Å². The minimum absolute atomic E-state index is 0.0234. The Hall–Kier alpha value is -3.09. The molecule has 0 atom stereocenters. The Labute approximate surface area is 126 Å². The lowest BCUT2D eigenvalue weighted by Gasteiger charge is -2.04. The molecular weight excluding hydrogens is 284 g/mol. The van der Waals surface area contributed by atoms with E-state index in [1.54, 1.807) is 32.2 Å². The molecule has 7 nitrogen and oxygen atoms in total. The quantitative estimate of drug-likeness (QED) is 0.532. The van der Waals surface area contributed by atoms with Crippen LogP contribution in [0.4, 0.5) is 5.69 Å². The van der Waals surface area contributed by atoms with E-state index in [2.05, 4.69) is 15.5 Å². The summed E-state index contributed by atoms with van der Waals surface area (Å²) in [5, 5.41) is 14.7. The summed E-state index contributed by atoms with van der Waals surface area (Å²) in [6.45, 7) is 3.31. The molecular formula is C15H14N4O3. The van der Waals surface area contributed by atoms with Gasteiger partial charge in [-0.1, -0.05) is 6.07 Å². The van der Waals surface area contributed by atoms with Crippen LogP contribution in [0.5, 0.6) is 0 Å². The van der Waals surface area contributed by atoms with E-state index in [0.29, 0.717) is 22.5 Å². The van der Waals surface area contributed by atoms with Gasteiger partial charge in [0.2, 0.25) is 0 Å². The molecule has 2 rings (SSSR count). The summed E-state index contributed by atoms with van der Waals surface area (Å²) in [6.07, 6.45) is 1.63. The lowest BCUT2D eigenvalue weighted by Crippen LogP contribution is -2.19. The van der Waals surface area contributed by atoms with Crippen molar-refractivity contribution in [3.63, 3.8) is 0 Å². The highest BCUT2D eigenvalue weighted by atomic mass is 16.6. The Morgan fingerprint density at radius 2 is 2.09 bits per heavy atom. The Balaban J connectivity index is 2.13. The number of hydrogen-bond acceptors (Lipinski definition) is 5. The van der Waals surface area contributed by atoms with Crippen LogP contribution in [-0.2, 0) is 0 Å². The molecule has 0 spiro atoms. The van der Waals surface area contributed by atoms with Crippen molar-refractivity contribution >= 4 is 17.3 Å². The zero-order valence-corrected chi connectivity index (χ0v) is 12.1. The number of nitrogens with zero attached hydrogens (tertiary/aromatic N) is 3. The van der Waals surface area contributed by atoms with Gasteiger partial charge in [0.15, 0.2) is 0 Å². The van der Waals surface area contributed by atoms with Gasteiger partial charge in [-0.2, -0.15) is 5.10 Å². The number of aromatic nitrogens is 1. The molecule has 1 aromatic carbocycles. The summed E-state index contributed by atoms with van der Waals surface area (Å²) in [4.78, 5) is 26.4. The third kappa shape index (κ3) is 3.51. The molecule has 0 saturated carbocycles. The molecule has 7 heteroatoms. The largest absolute Gasteiger partial charge is 0.272 e. The number of hydrogen-bond donors (Lipinski definition) is 1. The van der Waals surface area contributed by atoms with Crippen molar-refractivity contribution in [3.8, 4) is 0 Å². The predicted octanol–water partition coefficient (Wildman–Crippen LogP) is 2.45. The number of nitro groups is 1. The highest BCUT2D eigenvalue weighted by Gasteiger charge is 2.13. The van der Waals surface area contributed by atoms with Gasteiger partial charge < -0.3 is 0 Å². The predicted molar refractivity (Wildman–Crippen MR) is 81.7 cm³/mol. The fourth-order valence-electron chi connectivity index (χ4n) is 1.83. The Morgan fingerprint density at radius 1 is 1.32 bits per heavy atom. The zero-order valence-electron chi connectivity index (χ0n) is 12.1. The Kier molecular flexibility index (Phi) is 4.57. The van der Waals surface area contributed by atoms with Gasteiger partial charge in [0.25, 0.3) is 11.6 Å². The van der Waals surface area contributed by atoms with Crippen LogP contribution in [0, 0.1) is 17.0 Å². The van der Waals surface area contributed by atoms with Crippen molar-refractivity contribution in [2.45, 2.75) is 13.8 Å². The fourth-order valence-corrected chi connectivity index (χ4v) is 1.83. The molecule has 0 aliphatic carbocycles. The van der Waals surface area contributed by atoms with Crippen LogP contribution in [0.25, 0.3) is 0 Å². The number of hydrazone groups is 1. The first-order chi connectivity index (χ1) is 10.5. The number of benzene rings is 1. The third-order valence-corrected chi connectivity index (χ3v) is 3.02. The van der Waals surface area contributed by atoms with Crippen molar-refractivity contribution in [2.24, 2.45) is 5.10 Å². The Morgan fingerprint density at radius 3 is 2.68 bits per heavy atom. The van der Waals surface area contributed by atoms with Gasteiger partial charge in [0.05, 0.1) is 16.3 Å². The average Bonchev–Trinajstić information content (AvgIpc) is 2.52. The standard InChI is InChI=1S/C15H14N4O3/c1-10-9-12(6-7-14(10)19(21)22)15(20)18-17-11(2)13-5-3-4-8-16-13/h3-9H,1-2H3,(H,18,20)/b17-11-. The molecule has 1 amide bonds. The number of rotatable bonds is 4. The third-order valence-electron chi connectivity index (χ3n) is 3.02. The van der Waals surface area contributed by atoms with Gasteiger partial charge in [-0.05, 0) is 38.1 Å². The molecule has 112 valence electrons. The van der Waals surface area contributed by atoms with Crippen LogP contribution in [-0.4, -0.2) is 21.5 Å². The van der Waals surface area contributed by atoms with E-state index in [1.165, 1.54) is 18.2 Å². The number of nitrogens with one attached hydrogen (secondary N) is 1. The lowest BCUT2D eigenvalue weighted by atomic mass is 10.1. The van der Waals surface area contributed by atoms with Gasteiger partial charge in [0, 0.05) is 23.4 Å². The molecule has 0 unspecified atom stereocenters. The van der Waals surface area contributed by atoms with Gasteiger partial charge in [-0.15, -0.1) is 0 Å². The van der Waals surface area contributed by atoms with Gasteiger partial charge >= 0.3 is 0 Å². The van der Waals surface area contributed by atoms with Gasteiger partial charge in [-0.3, -0.25) is 19.9 Å². The van der Waals surface area contributed by atoms with Crippen LogP contribution in [0.1, 0.15) is 28.5 Å². The smallest absolute Gasteiger partial charge is 0.267 e. The first-order valence-corrected chi connectivity index (χ1v) is 6.50.